The zero-order valence-electron chi connectivity index (χ0n) is 14.0. The average Bonchev–Trinajstić information content (AvgIpc) is 3.43. The van der Waals surface area contributed by atoms with Gasteiger partial charge in [-0.2, -0.15) is 0 Å². The fraction of sp³-hybridized carbons (Fsp3) is 0.211. The van der Waals surface area contributed by atoms with Gasteiger partial charge in [-0.05, 0) is 49.2 Å². The number of esters is 1. The molecule has 2 aromatic rings. The number of ether oxygens (including phenoxy) is 1. The van der Waals surface area contributed by atoms with E-state index in [9.17, 15) is 18.8 Å². The molecule has 0 heterocycles. The Bertz CT molecular complexity index is 877. The van der Waals surface area contributed by atoms with E-state index < -0.39 is 29.0 Å². The van der Waals surface area contributed by atoms with Gasteiger partial charge in [-0.1, -0.05) is 12.1 Å². The van der Waals surface area contributed by atoms with Crippen molar-refractivity contribution in [2.45, 2.75) is 12.8 Å². The number of nitrogens with one attached hydrogen (secondary N) is 2. The Morgan fingerprint density at radius 1 is 0.962 bits per heavy atom. The number of hydrogen-bond donors (Lipinski definition) is 2. The topological polar surface area (TPSA) is 84.5 Å². The minimum Gasteiger partial charge on any atom is -0.465 e. The predicted octanol–water partition coefficient (Wildman–Crippen LogP) is 2.97. The minimum atomic E-state index is -1.19. The fourth-order valence-corrected chi connectivity index (χ4v) is 2.59. The molecular formula is C19H17FN2O4. The summed E-state index contributed by atoms with van der Waals surface area (Å²) >= 11 is 0. The van der Waals surface area contributed by atoms with E-state index >= 15 is 0 Å². The number of anilines is 2. The van der Waals surface area contributed by atoms with Crippen molar-refractivity contribution in [2.24, 2.45) is 5.41 Å². The molecule has 0 unspecified atom stereocenters. The molecule has 1 fully saturated rings. The molecule has 0 aliphatic heterocycles. The van der Waals surface area contributed by atoms with Gasteiger partial charge in [0, 0.05) is 11.4 Å². The zero-order valence-corrected chi connectivity index (χ0v) is 14.0. The van der Waals surface area contributed by atoms with E-state index in [2.05, 4.69) is 15.4 Å². The molecule has 0 aromatic heterocycles. The number of halogens is 1. The summed E-state index contributed by atoms with van der Waals surface area (Å²) in [7, 11) is 1.27. The van der Waals surface area contributed by atoms with Crippen molar-refractivity contribution in [3.05, 3.63) is 59.9 Å². The Balaban J connectivity index is 1.71. The first-order chi connectivity index (χ1) is 12.4. The molecule has 7 heteroatoms. The maximum Gasteiger partial charge on any atom is 0.337 e. The molecule has 0 radical (unpaired) electrons. The van der Waals surface area contributed by atoms with Crippen LogP contribution < -0.4 is 10.6 Å². The van der Waals surface area contributed by atoms with Crippen molar-refractivity contribution in [3.63, 3.8) is 0 Å². The van der Waals surface area contributed by atoms with Crippen LogP contribution in [0.2, 0.25) is 0 Å². The zero-order chi connectivity index (χ0) is 18.7. The number of carbonyl (C=O) groups excluding carboxylic acids is 3. The summed E-state index contributed by atoms with van der Waals surface area (Å²) in [5.74, 6) is -1.94. The molecule has 3 rings (SSSR count). The Hall–Kier alpha value is -3.22. The highest BCUT2D eigenvalue weighted by Gasteiger charge is 2.56. The summed E-state index contributed by atoms with van der Waals surface area (Å²) in [5, 5.41) is 5.24. The second-order valence-corrected chi connectivity index (χ2v) is 6.07. The van der Waals surface area contributed by atoms with Crippen LogP contribution in [0.15, 0.2) is 48.5 Å². The van der Waals surface area contributed by atoms with E-state index in [1.165, 1.54) is 31.4 Å². The first-order valence-electron chi connectivity index (χ1n) is 8.01. The highest BCUT2D eigenvalue weighted by Crippen LogP contribution is 2.47. The summed E-state index contributed by atoms with van der Waals surface area (Å²) in [6.45, 7) is 0. The lowest BCUT2D eigenvalue weighted by atomic mass is 10.0. The summed E-state index contributed by atoms with van der Waals surface area (Å²) < 4.78 is 17.9. The van der Waals surface area contributed by atoms with E-state index in [0.29, 0.717) is 29.8 Å². The predicted molar refractivity (Wildman–Crippen MR) is 93.1 cm³/mol. The SMILES string of the molecule is COC(=O)c1cccc(NC(=O)C2(C(=O)Nc3cccc(F)c3)CC2)c1. The van der Waals surface area contributed by atoms with Crippen LogP contribution in [0, 0.1) is 11.2 Å². The summed E-state index contributed by atoms with van der Waals surface area (Å²) in [6.07, 6.45) is 0.799. The van der Waals surface area contributed by atoms with Gasteiger partial charge in [-0.25, -0.2) is 9.18 Å². The second kappa shape index (κ2) is 6.95. The number of methoxy groups -OCH3 is 1. The Morgan fingerprint density at radius 2 is 1.54 bits per heavy atom. The summed E-state index contributed by atoms with van der Waals surface area (Å²) in [4.78, 5) is 36.6. The summed E-state index contributed by atoms with van der Waals surface area (Å²) in [5.41, 5.74) is -0.211. The normalized spacial score (nSPS) is 14.2. The largest absolute Gasteiger partial charge is 0.465 e. The van der Waals surface area contributed by atoms with Crippen molar-refractivity contribution in [1.82, 2.24) is 0 Å². The van der Waals surface area contributed by atoms with Crippen molar-refractivity contribution >= 4 is 29.2 Å². The smallest absolute Gasteiger partial charge is 0.337 e. The maximum atomic E-state index is 13.2. The van der Waals surface area contributed by atoms with Crippen LogP contribution in [0.5, 0.6) is 0 Å². The van der Waals surface area contributed by atoms with Crippen LogP contribution in [0.25, 0.3) is 0 Å². The molecule has 0 bridgehead atoms. The van der Waals surface area contributed by atoms with Gasteiger partial charge in [-0.15, -0.1) is 0 Å². The number of benzene rings is 2. The quantitative estimate of drug-likeness (QED) is 0.637. The van der Waals surface area contributed by atoms with Gasteiger partial charge in [0.25, 0.3) is 0 Å². The third-order valence-corrected chi connectivity index (χ3v) is 4.24. The number of rotatable bonds is 5. The summed E-state index contributed by atoms with van der Waals surface area (Å²) in [6, 6.07) is 11.7. The van der Waals surface area contributed by atoms with Crippen LogP contribution >= 0.6 is 0 Å². The molecule has 2 amide bonds. The van der Waals surface area contributed by atoms with Gasteiger partial charge in [0.1, 0.15) is 11.2 Å². The lowest BCUT2D eigenvalue weighted by Gasteiger charge is -2.16. The second-order valence-electron chi connectivity index (χ2n) is 6.07. The monoisotopic (exact) mass is 356 g/mol. The number of amides is 2. The molecule has 134 valence electrons. The van der Waals surface area contributed by atoms with Gasteiger partial charge in [0.2, 0.25) is 11.8 Å². The van der Waals surface area contributed by atoms with E-state index in [0.717, 1.165) is 0 Å². The molecule has 26 heavy (non-hydrogen) atoms. The molecule has 2 aromatic carbocycles. The molecule has 0 saturated heterocycles. The van der Waals surface area contributed by atoms with Crippen LogP contribution in [0.3, 0.4) is 0 Å². The van der Waals surface area contributed by atoms with E-state index in [4.69, 9.17) is 0 Å². The Morgan fingerprint density at radius 3 is 2.08 bits per heavy atom. The number of carbonyl (C=O) groups is 3. The molecule has 2 N–H and O–H groups in total. The van der Waals surface area contributed by atoms with Crippen LogP contribution in [-0.4, -0.2) is 24.9 Å². The van der Waals surface area contributed by atoms with E-state index in [1.807, 2.05) is 0 Å². The van der Waals surface area contributed by atoms with Gasteiger partial charge >= 0.3 is 5.97 Å². The third kappa shape index (κ3) is 3.56. The van der Waals surface area contributed by atoms with Gasteiger partial charge < -0.3 is 15.4 Å². The molecular weight excluding hydrogens is 339 g/mol. The van der Waals surface area contributed by atoms with Gasteiger partial charge in [0.05, 0.1) is 12.7 Å². The van der Waals surface area contributed by atoms with Gasteiger partial charge in [0.15, 0.2) is 0 Å². The van der Waals surface area contributed by atoms with Crippen molar-refractivity contribution < 1.29 is 23.5 Å². The van der Waals surface area contributed by atoms with Gasteiger partial charge in [-0.3, -0.25) is 9.59 Å². The molecule has 1 aliphatic carbocycles. The molecule has 0 atom stereocenters. The Labute approximate surface area is 149 Å². The Kier molecular flexibility index (Phi) is 4.71. The van der Waals surface area contributed by atoms with Crippen LogP contribution in [0.4, 0.5) is 15.8 Å². The lowest BCUT2D eigenvalue weighted by molar-refractivity contribution is -0.131. The maximum absolute atomic E-state index is 13.2. The first kappa shape index (κ1) is 17.6. The van der Waals surface area contributed by atoms with Crippen molar-refractivity contribution in [1.29, 1.82) is 0 Å². The van der Waals surface area contributed by atoms with Crippen molar-refractivity contribution in [3.8, 4) is 0 Å². The fourth-order valence-electron chi connectivity index (χ4n) is 2.59. The van der Waals surface area contributed by atoms with E-state index in [-0.39, 0.29) is 0 Å². The highest BCUT2D eigenvalue weighted by atomic mass is 19.1. The number of hydrogen-bond acceptors (Lipinski definition) is 4. The van der Waals surface area contributed by atoms with Crippen LogP contribution in [0.1, 0.15) is 23.2 Å². The molecule has 1 saturated carbocycles. The molecule has 1 aliphatic rings. The third-order valence-electron chi connectivity index (χ3n) is 4.24. The average molecular weight is 356 g/mol. The lowest BCUT2D eigenvalue weighted by Crippen LogP contribution is -2.35. The van der Waals surface area contributed by atoms with Crippen molar-refractivity contribution in [2.75, 3.05) is 17.7 Å². The standard InChI is InChI=1S/C19H17FN2O4/c1-26-16(23)12-4-2-6-14(10-12)21-17(24)19(8-9-19)18(25)22-15-7-3-5-13(20)11-15/h2-7,10-11H,8-9H2,1H3,(H,21,24)(H,22,25). The minimum absolute atomic E-state index is 0.291. The molecule has 0 spiro atoms. The highest BCUT2D eigenvalue weighted by molar-refractivity contribution is 6.17. The van der Waals surface area contributed by atoms with E-state index in [1.54, 1.807) is 24.3 Å². The van der Waals surface area contributed by atoms with Crippen LogP contribution in [-0.2, 0) is 14.3 Å². The first-order valence-corrected chi connectivity index (χ1v) is 8.01. The molecule has 6 nitrogen and oxygen atoms in total.